The smallest absolute Gasteiger partial charge is 0.408 e. The number of aliphatic hydroxyl groups excluding tert-OH is 1. The standard InChI is InChI=1S/C13H23NO6/c1-11(2,3)20-10(16)14-9(5-15)13-17-6-12(4,7-18-13)8-19-13/h9,15H,5-8H2,1-4H3,(H,14,16)/t9-,12?,13?/m0/s1. The van der Waals surface area contributed by atoms with Gasteiger partial charge in [0.25, 0.3) is 0 Å². The van der Waals surface area contributed by atoms with Gasteiger partial charge >= 0.3 is 12.1 Å². The number of fused-ring (bicyclic) bond motifs is 3. The fraction of sp³-hybridized carbons (Fsp3) is 0.923. The largest absolute Gasteiger partial charge is 0.444 e. The van der Waals surface area contributed by atoms with Crippen molar-refractivity contribution in [2.45, 2.75) is 45.3 Å². The Morgan fingerprint density at radius 3 is 2.20 bits per heavy atom. The van der Waals surface area contributed by atoms with Crippen molar-refractivity contribution in [1.29, 1.82) is 0 Å². The van der Waals surface area contributed by atoms with Crippen molar-refractivity contribution in [1.82, 2.24) is 5.32 Å². The topological polar surface area (TPSA) is 86.3 Å². The van der Waals surface area contributed by atoms with E-state index in [1.165, 1.54) is 0 Å². The Hall–Kier alpha value is -0.890. The lowest BCUT2D eigenvalue weighted by Gasteiger charge is -2.52. The van der Waals surface area contributed by atoms with Crippen LogP contribution in [0.3, 0.4) is 0 Å². The molecule has 3 saturated heterocycles. The Kier molecular flexibility index (Phi) is 3.98. The average molecular weight is 289 g/mol. The first-order valence-electron chi connectivity index (χ1n) is 6.70. The number of aliphatic hydroxyl groups is 1. The molecule has 0 spiro atoms. The van der Waals surface area contributed by atoms with Crippen molar-refractivity contribution in [3.63, 3.8) is 0 Å². The van der Waals surface area contributed by atoms with Crippen LogP contribution in [0.15, 0.2) is 0 Å². The summed E-state index contributed by atoms with van der Waals surface area (Å²) >= 11 is 0. The highest BCUT2D eigenvalue weighted by atomic mass is 16.9. The summed E-state index contributed by atoms with van der Waals surface area (Å²) in [6.07, 6.45) is -0.652. The molecule has 1 amide bonds. The van der Waals surface area contributed by atoms with E-state index < -0.39 is 23.7 Å². The summed E-state index contributed by atoms with van der Waals surface area (Å²) in [6, 6.07) is -0.845. The summed E-state index contributed by atoms with van der Waals surface area (Å²) in [7, 11) is 0. The fourth-order valence-electron chi connectivity index (χ4n) is 2.07. The first-order valence-corrected chi connectivity index (χ1v) is 6.70. The van der Waals surface area contributed by atoms with Crippen LogP contribution in [0.5, 0.6) is 0 Å². The van der Waals surface area contributed by atoms with Crippen molar-refractivity contribution in [3.05, 3.63) is 0 Å². The van der Waals surface area contributed by atoms with Gasteiger partial charge in [0.15, 0.2) is 0 Å². The maximum Gasteiger partial charge on any atom is 0.408 e. The van der Waals surface area contributed by atoms with E-state index in [2.05, 4.69) is 5.32 Å². The predicted octanol–water partition coefficient (Wildman–Crippen LogP) is 0.609. The Labute approximate surface area is 118 Å². The minimum atomic E-state index is -1.43. The third kappa shape index (κ3) is 3.22. The van der Waals surface area contributed by atoms with Crippen molar-refractivity contribution in [3.8, 4) is 0 Å². The molecule has 0 radical (unpaired) electrons. The Morgan fingerprint density at radius 1 is 1.30 bits per heavy atom. The molecule has 7 heteroatoms. The van der Waals surface area contributed by atoms with Gasteiger partial charge in [-0.25, -0.2) is 4.79 Å². The Morgan fingerprint density at radius 2 is 1.80 bits per heavy atom. The normalized spacial score (nSPS) is 34.6. The zero-order valence-electron chi connectivity index (χ0n) is 12.4. The van der Waals surface area contributed by atoms with E-state index >= 15 is 0 Å². The third-order valence-corrected chi connectivity index (χ3v) is 3.17. The SMILES string of the molecule is CC12COC([C@H](CO)NC(=O)OC(C)(C)C)(OC1)OC2. The van der Waals surface area contributed by atoms with Gasteiger partial charge in [-0.05, 0) is 20.8 Å². The van der Waals surface area contributed by atoms with E-state index in [0.717, 1.165) is 0 Å². The monoisotopic (exact) mass is 289 g/mol. The maximum atomic E-state index is 11.8. The number of hydrogen-bond donors (Lipinski definition) is 2. The molecule has 3 rings (SSSR count). The lowest BCUT2D eigenvalue weighted by Crippen LogP contribution is -2.68. The lowest BCUT2D eigenvalue weighted by molar-refractivity contribution is -0.474. The number of ether oxygens (including phenoxy) is 4. The van der Waals surface area contributed by atoms with Crippen molar-refractivity contribution >= 4 is 6.09 Å². The summed E-state index contributed by atoms with van der Waals surface area (Å²) < 4.78 is 21.9. The fourth-order valence-corrected chi connectivity index (χ4v) is 2.07. The summed E-state index contributed by atoms with van der Waals surface area (Å²) in [6.45, 7) is 8.26. The van der Waals surface area contributed by atoms with E-state index in [0.29, 0.717) is 19.8 Å². The first-order chi connectivity index (χ1) is 9.18. The zero-order valence-corrected chi connectivity index (χ0v) is 12.4. The van der Waals surface area contributed by atoms with Crippen LogP contribution in [0.25, 0.3) is 0 Å². The number of carbonyl (C=O) groups excluding carboxylic acids is 1. The molecule has 3 aliphatic rings. The molecule has 0 aromatic rings. The number of nitrogens with one attached hydrogen (secondary N) is 1. The second kappa shape index (κ2) is 5.14. The molecule has 3 fully saturated rings. The summed E-state index contributed by atoms with van der Waals surface area (Å²) in [5, 5.41) is 12.0. The summed E-state index contributed by atoms with van der Waals surface area (Å²) in [4.78, 5) is 11.8. The molecule has 0 unspecified atom stereocenters. The molecular formula is C13H23NO6. The van der Waals surface area contributed by atoms with Gasteiger partial charge in [0.05, 0.1) is 26.4 Å². The number of carbonyl (C=O) groups is 1. The second-order valence-electron chi connectivity index (χ2n) is 6.66. The summed E-state index contributed by atoms with van der Waals surface area (Å²) in [5.41, 5.74) is -0.796. The van der Waals surface area contributed by atoms with Crippen molar-refractivity contribution in [2.75, 3.05) is 26.4 Å². The molecule has 3 aliphatic heterocycles. The minimum Gasteiger partial charge on any atom is -0.444 e. The molecule has 7 nitrogen and oxygen atoms in total. The molecule has 20 heavy (non-hydrogen) atoms. The molecule has 2 N–H and O–H groups in total. The van der Waals surface area contributed by atoms with Crippen LogP contribution in [-0.4, -0.2) is 55.2 Å². The highest BCUT2D eigenvalue weighted by molar-refractivity contribution is 5.68. The molecule has 2 bridgehead atoms. The van der Waals surface area contributed by atoms with Gasteiger partial charge in [0, 0.05) is 5.41 Å². The van der Waals surface area contributed by atoms with Gasteiger partial charge in [0.1, 0.15) is 11.6 Å². The average Bonchev–Trinajstić information content (AvgIpc) is 2.35. The Bertz CT molecular complexity index is 353. The first kappa shape index (κ1) is 15.5. The Balaban J connectivity index is 2.00. The molecular weight excluding hydrogens is 266 g/mol. The predicted molar refractivity (Wildman–Crippen MR) is 68.9 cm³/mol. The van der Waals surface area contributed by atoms with Crippen LogP contribution < -0.4 is 5.32 Å². The van der Waals surface area contributed by atoms with Crippen LogP contribution >= 0.6 is 0 Å². The zero-order chi connectivity index (χ0) is 15.0. The van der Waals surface area contributed by atoms with Gasteiger partial charge in [-0.3, -0.25) is 0 Å². The quantitative estimate of drug-likeness (QED) is 0.791. The minimum absolute atomic E-state index is 0.173. The van der Waals surface area contributed by atoms with Crippen LogP contribution in [-0.2, 0) is 18.9 Å². The highest BCUT2D eigenvalue weighted by Crippen LogP contribution is 2.39. The van der Waals surface area contributed by atoms with Gasteiger partial charge in [-0.2, -0.15) is 0 Å². The number of amides is 1. The maximum absolute atomic E-state index is 11.8. The van der Waals surface area contributed by atoms with Gasteiger partial charge in [0.2, 0.25) is 0 Å². The molecule has 116 valence electrons. The molecule has 0 saturated carbocycles. The highest BCUT2D eigenvalue weighted by Gasteiger charge is 2.55. The van der Waals surface area contributed by atoms with E-state index in [-0.39, 0.29) is 12.0 Å². The van der Waals surface area contributed by atoms with Gasteiger partial charge in [-0.1, -0.05) is 6.92 Å². The lowest BCUT2D eigenvalue weighted by atomic mass is 9.91. The van der Waals surface area contributed by atoms with Gasteiger partial charge < -0.3 is 29.4 Å². The van der Waals surface area contributed by atoms with E-state index in [1.54, 1.807) is 20.8 Å². The molecule has 0 aromatic carbocycles. The van der Waals surface area contributed by atoms with E-state index in [9.17, 15) is 9.90 Å². The second-order valence-corrected chi connectivity index (χ2v) is 6.66. The summed E-state index contributed by atoms with van der Waals surface area (Å²) in [5.74, 6) is -1.43. The van der Waals surface area contributed by atoms with Gasteiger partial charge in [-0.15, -0.1) is 0 Å². The molecule has 0 aromatic heterocycles. The third-order valence-electron chi connectivity index (χ3n) is 3.17. The van der Waals surface area contributed by atoms with Crippen molar-refractivity contribution < 1.29 is 28.8 Å². The number of hydrogen-bond acceptors (Lipinski definition) is 6. The van der Waals surface area contributed by atoms with Crippen LogP contribution in [0.2, 0.25) is 0 Å². The van der Waals surface area contributed by atoms with Crippen LogP contribution in [0, 0.1) is 5.41 Å². The van der Waals surface area contributed by atoms with Crippen LogP contribution in [0.1, 0.15) is 27.7 Å². The number of alkyl carbamates (subject to hydrolysis) is 1. The number of rotatable bonds is 3. The van der Waals surface area contributed by atoms with Crippen molar-refractivity contribution in [2.24, 2.45) is 5.41 Å². The van der Waals surface area contributed by atoms with E-state index in [4.69, 9.17) is 18.9 Å². The molecule has 1 atom stereocenters. The van der Waals surface area contributed by atoms with E-state index in [1.807, 2.05) is 6.92 Å². The molecule has 3 heterocycles. The van der Waals surface area contributed by atoms with Crippen LogP contribution in [0.4, 0.5) is 4.79 Å². The molecule has 0 aliphatic carbocycles.